The van der Waals surface area contributed by atoms with Crippen LogP contribution < -0.4 is 4.74 Å². The van der Waals surface area contributed by atoms with Crippen molar-refractivity contribution in [3.8, 4) is 17.0 Å². The normalized spacial score (nSPS) is 13.4. The maximum absolute atomic E-state index is 13.2. The Morgan fingerprint density at radius 3 is 2.83 bits per heavy atom. The highest BCUT2D eigenvalue weighted by molar-refractivity contribution is 5.94. The molecule has 1 amide bonds. The van der Waals surface area contributed by atoms with Gasteiger partial charge in [0.15, 0.2) is 0 Å². The van der Waals surface area contributed by atoms with Gasteiger partial charge in [-0.25, -0.2) is 0 Å². The van der Waals surface area contributed by atoms with Crippen molar-refractivity contribution in [2.24, 2.45) is 0 Å². The van der Waals surface area contributed by atoms with Crippen molar-refractivity contribution in [3.63, 3.8) is 0 Å². The molecule has 1 N–H and O–H groups in total. The topological polar surface area (TPSA) is 61.5 Å². The molecule has 6 nitrogen and oxygen atoms in total. The lowest BCUT2D eigenvalue weighted by atomic mass is 9.99. The highest BCUT2D eigenvalue weighted by atomic mass is 16.5. The quantitative estimate of drug-likeness (QED) is 0.726. The van der Waals surface area contributed by atoms with Crippen LogP contribution >= 0.6 is 0 Å². The molecule has 1 aliphatic heterocycles. The van der Waals surface area contributed by atoms with Crippen LogP contribution in [0.4, 0.5) is 0 Å². The third-order valence-electron chi connectivity index (χ3n) is 5.26. The van der Waals surface area contributed by atoms with Crippen molar-refractivity contribution in [3.05, 3.63) is 70.9 Å². The number of nitrogens with one attached hydrogen (secondary N) is 1. The van der Waals surface area contributed by atoms with Crippen LogP contribution in [0.5, 0.6) is 5.75 Å². The number of aromatic nitrogens is 2. The third kappa shape index (κ3) is 3.89. The summed E-state index contributed by atoms with van der Waals surface area (Å²) in [6.45, 7) is 2.03. The predicted molar refractivity (Wildman–Crippen MR) is 113 cm³/mol. The molecule has 1 aliphatic rings. The van der Waals surface area contributed by atoms with Crippen LogP contribution in [0.25, 0.3) is 11.3 Å². The first-order valence-corrected chi connectivity index (χ1v) is 9.79. The molecule has 0 fully saturated rings. The number of methoxy groups -OCH3 is 1. The van der Waals surface area contributed by atoms with Crippen LogP contribution in [0.1, 0.15) is 27.2 Å². The van der Waals surface area contributed by atoms with Gasteiger partial charge in [0.1, 0.15) is 11.4 Å². The van der Waals surface area contributed by atoms with Gasteiger partial charge in [0.2, 0.25) is 0 Å². The van der Waals surface area contributed by atoms with E-state index in [1.165, 1.54) is 0 Å². The fourth-order valence-corrected chi connectivity index (χ4v) is 3.88. The number of rotatable bonds is 5. The molecular formula is C23H26N4O2. The molecule has 0 saturated carbocycles. The van der Waals surface area contributed by atoms with Crippen LogP contribution in [0.2, 0.25) is 0 Å². The van der Waals surface area contributed by atoms with Gasteiger partial charge in [-0.2, -0.15) is 5.10 Å². The van der Waals surface area contributed by atoms with Gasteiger partial charge in [-0.15, -0.1) is 0 Å². The van der Waals surface area contributed by atoms with E-state index in [0.717, 1.165) is 52.4 Å². The molecule has 0 atom stereocenters. The number of H-pyrrole nitrogens is 1. The first-order chi connectivity index (χ1) is 14.1. The first-order valence-electron chi connectivity index (χ1n) is 9.79. The summed E-state index contributed by atoms with van der Waals surface area (Å²) in [4.78, 5) is 17.2. The van der Waals surface area contributed by atoms with Gasteiger partial charge in [0.05, 0.1) is 7.11 Å². The molecule has 29 heavy (non-hydrogen) atoms. The molecule has 6 heteroatoms. The average Bonchev–Trinajstić information content (AvgIpc) is 3.16. The minimum atomic E-state index is 0.0587. The van der Waals surface area contributed by atoms with E-state index in [1.807, 2.05) is 61.5 Å². The third-order valence-corrected chi connectivity index (χ3v) is 5.26. The molecule has 150 valence electrons. The Morgan fingerprint density at radius 2 is 2.03 bits per heavy atom. The van der Waals surface area contributed by atoms with E-state index >= 15 is 0 Å². The zero-order chi connectivity index (χ0) is 20.4. The van der Waals surface area contributed by atoms with E-state index in [1.54, 1.807) is 7.11 Å². The monoisotopic (exact) mass is 390 g/mol. The van der Waals surface area contributed by atoms with Gasteiger partial charge in [-0.3, -0.25) is 9.89 Å². The lowest BCUT2D eigenvalue weighted by Crippen LogP contribution is -2.36. The molecule has 0 aliphatic carbocycles. The Morgan fingerprint density at radius 1 is 1.21 bits per heavy atom. The standard InChI is InChI=1S/C23H26N4O2/c1-26(2)14-16-7-6-8-17(13-16)23(28)27-12-11-20-19(15-27)22(25-24-20)18-9-4-5-10-21(18)29-3/h4-10,13H,11-12,14-15H2,1-3H3,(H,24,25). The van der Waals surface area contributed by atoms with E-state index in [2.05, 4.69) is 21.2 Å². The molecule has 3 aromatic rings. The van der Waals surface area contributed by atoms with Crippen molar-refractivity contribution >= 4 is 5.91 Å². The number of nitrogens with zero attached hydrogens (tertiary/aromatic N) is 3. The summed E-state index contributed by atoms with van der Waals surface area (Å²) < 4.78 is 5.51. The van der Waals surface area contributed by atoms with Crippen LogP contribution in [0, 0.1) is 0 Å². The molecular weight excluding hydrogens is 364 g/mol. The molecule has 1 aromatic heterocycles. The predicted octanol–water partition coefficient (Wildman–Crippen LogP) is 3.35. The van der Waals surface area contributed by atoms with Crippen molar-refractivity contribution in [2.75, 3.05) is 27.7 Å². The zero-order valence-electron chi connectivity index (χ0n) is 17.1. The Bertz CT molecular complexity index is 1030. The second-order valence-corrected chi connectivity index (χ2v) is 7.64. The highest BCUT2D eigenvalue weighted by Crippen LogP contribution is 2.34. The summed E-state index contributed by atoms with van der Waals surface area (Å²) in [5, 5.41) is 7.70. The maximum Gasteiger partial charge on any atom is 0.254 e. The number of carbonyl (C=O) groups excluding carboxylic acids is 1. The molecule has 2 heterocycles. The van der Waals surface area contributed by atoms with E-state index in [0.29, 0.717) is 13.1 Å². The number of hydrogen-bond donors (Lipinski definition) is 1. The zero-order valence-corrected chi connectivity index (χ0v) is 17.1. The van der Waals surface area contributed by atoms with Crippen molar-refractivity contribution in [1.82, 2.24) is 20.0 Å². The van der Waals surface area contributed by atoms with Crippen LogP contribution in [-0.4, -0.2) is 53.7 Å². The highest BCUT2D eigenvalue weighted by Gasteiger charge is 2.27. The number of para-hydroxylation sites is 1. The SMILES string of the molecule is COc1ccccc1-c1n[nH]c2c1CN(C(=O)c1cccc(CN(C)C)c1)CC2. The van der Waals surface area contributed by atoms with E-state index in [4.69, 9.17) is 4.74 Å². The average molecular weight is 390 g/mol. The number of carbonyl (C=O) groups is 1. The molecule has 0 radical (unpaired) electrons. The number of ether oxygens (including phenoxy) is 1. The lowest BCUT2D eigenvalue weighted by Gasteiger charge is -2.27. The van der Waals surface area contributed by atoms with Gasteiger partial charge < -0.3 is 14.5 Å². The summed E-state index contributed by atoms with van der Waals surface area (Å²) in [5.41, 5.74) is 5.83. The van der Waals surface area contributed by atoms with E-state index < -0.39 is 0 Å². The van der Waals surface area contributed by atoms with E-state index in [-0.39, 0.29) is 5.91 Å². The van der Waals surface area contributed by atoms with E-state index in [9.17, 15) is 4.79 Å². The Hall–Kier alpha value is -3.12. The van der Waals surface area contributed by atoms with Crippen LogP contribution in [0.3, 0.4) is 0 Å². The number of hydrogen-bond acceptors (Lipinski definition) is 4. The Kier molecular flexibility index (Phi) is 5.36. The smallest absolute Gasteiger partial charge is 0.254 e. The van der Waals surface area contributed by atoms with Gasteiger partial charge in [0, 0.05) is 48.4 Å². The second kappa shape index (κ2) is 8.09. The molecule has 0 spiro atoms. The van der Waals surface area contributed by atoms with Gasteiger partial charge in [-0.05, 0) is 43.9 Å². The number of aromatic amines is 1. The van der Waals surface area contributed by atoms with Crippen LogP contribution in [-0.2, 0) is 19.5 Å². The number of amides is 1. The van der Waals surface area contributed by atoms with Crippen LogP contribution in [0.15, 0.2) is 48.5 Å². The molecule has 4 rings (SSSR count). The van der Waals surface area contributed by atoms with Crippen molar-refractivity contribution in [2.45, 2.75) is 19.5 Å². The fraction of sp³-hybridized carbons (Fsp3) is 0.304. The second-order valence-electron chi connectivity index (χ2n) is 7.64. The summed E-state index contributed by atoms with van der Waals surface area (Å²) in [5.74, 6) is 0.838. The number of benzene rings is 2. The Labute approximate surface area is 171 Å². The summed E-state index contributed by atoms with van der Waals surface area (Å²) in [6.07, 6.45) is 0.764. The molecule has 0 unspecified atom stereocenters. The summed E-state index contributed by atoms with van der Waals surface area (Å²) >= 11 is 0. The largest absolute Gasteiger partial charge is 0.496 e. The van der Waals surface area contributed by atoms with Crippen molar-refractivity contribution in [1.29, 1.82) is 0 Å². The molecule has 0 saturated heterocycles. The van der Waals surface area contributed by atoms with Gasteiger partial charge >= 0.3 is 0 Å². The maximum atomic E-state index is 13.2. The molecule has 0 bridgehead atoms. The minimum absolute atomic E-state index is 0.0587. The fourth-order valence-electron chi connectivity index (χ4n) is 3.88. The molecule has 2 aromatic carbocycles. The van der Waals surface area contributed by atoms with Gasteiger partial charge in [-0.1, -0.05) is 24.3 Å². The lowest BCUT2D eigenvalue weighted by molar-refractivity contribution is 0.0734. The summed E-state index contributed by atoms with van der Waals surface area (Å²) in [6, 6.07) is 15.8. The van der Waals surface area contributed by atoms with Gasteiger partial charge in [0.25, 0.3) is 5.91 Å². The Balaban J connectivity index is 1.61. The number of fused-ring (bicyclic) bond motifs is 1. The minimum Gasteiger partial charge on any atom is -0.496 e. The first kappa shape index (κ1) is 19.2. The summed E-state index contributed by atoms with van der Waals surface area (Å²) in [7, 11) is 5.71. The van der Waals surface area contributed by atoms with Crippen molar-refractivity contribution < 1.29 is 9.53 Å².